The second-order valence-electron chi connectivity index (χ2n) is 2.95. The lowest BCUT2D eigenvalue weighted by Gasteiger charge is -2.09. The van der Waals surface area contributed by atoms with Gasteiger partial charge in [-0.25, -0.2) is 4.79 Å². The predicted octanol–water partition coefficient (Wildman–Crippen LogP) is 3.08. The molecule has 11 heteroatoms. The van der Waals surface area contributed by atoms with Gasteiger partial charge in [-0.2, -0.15) is 8.42 Å². The second kappa shape index (κ2) is 7.55. The van der Waals surface area contributed by atoms with E-state index >= 15 is 0 Å². The summed E-state index contributed by atoms with van der Waals surface area (Å²) in [6.45, 7) is 0. The lowest BCUT2D eigenvalue weighted by molar-refractivity contribution is -0.274. The Balaban J connectivity index is 0.000000621. The Kier molecular flexibility index (Phi) is 7.11. The third-order valence-electron chi connectivity index (χ3n) is 1.49. The molecule has 0 aliphatic carbocycles. The van der Waals surface area contributed by atoms with Crippen LogP contribution in [-0.2, 0) is 13.0 Å². The van der Waals surface area contributed by atoms with Gasteiger partial charge in [0.05, 0.1) is 12.7 Å². The quantitative estimate of drug-likeness (QED) is 0.602. The zero-order valence-electron chi connectivity index (χ0n) is 9.65. The Morgan fingerprint density at radius 1 is 1.25 bits per heavy atom. The smallest absolute Gasteiger partial charge is 0.465 e. The summed E-state index contributed by atoms with van der Waals surface area (Å²) < 4.78 is 61.8. The summed E-state index contributed by atoms with van der Waals surface area (Å²) in [6.07, 6.45) is -4.77. The summed E-state index contributed by atoms with van der Waals surface area (Å²) in [5, 5.41) is 0. The molecule has 114 valence electrons. The van der Waals surface area contributed by atoms with E-state index in [4.69, 9.17) is 8.42 Å². The van der Waals surface area contributed by atoms with Crippen LogP contribution in [0.15, 0.2) is 24.3 Å². The van der Waals surface area contributed by atoms with Crippen molar-refractivity contribution in [2.24, 2.45) is 0 Å². The van der Waals surface area contributed by atoms with E-state index in [-0.39, 0.29) is 5.56 Å². The molecule has 0 fully saturated rings. The molecule has 0 heterocycles. The molecule has 0 unspecified atom stereocenters. The molecule has 1 rings (SSSR count). The highest BCUT2D eigenvalue weighted by Crippen LogP contribution is 2.23. The van der Waals surface area contributed by atoms with E-state index < -0.39 is 26.3 Å². The Bertz CT molecular complexity index is 551. The topological polar surface area (TPSA) is 69.7 Å². The second-order valence-corrected chi connectivity index (χ2v) is 6.61. The molecule has 0 aromatic heterocycles. The number of hydrogen-bond acceptors (Lipinski definition) is 5. The van der Waals surface area contributed by atoms with Crippen LogP contribution in [-0.4, -0.2) is 27.9 Å². The lowest BCUT2D eigenvalue weighted by Crippen LogP contribution is -2.17. The zero-order valence-corrected chi connectivity index (χ0v) is 12.0. The van der Waals surface area contributed by atoms with Gasteiger partial charge in [0.1, 0.15) is 5.75 Å². The molecule has 20 heavy (non-hydrogen) atoms. The van der Waals surface area contributed by atoms with Crippen molar-refractivity contribution >= 4 is 35.6 Å². The molecule has 0 amide bonds. The van der Waals surface area contributed by atoms with E-state index in [0.29, 0.717) is 0 Å². The average Bonchev–Trinajstić information content (AvgIpc) is 2.23. The standard InChI is InChI=1S/C9H7F3O3.Cl2O2S/c1-14-8(13)6-3-2-4-7(5-6)15-9(10,11)12;1-5(2,3)4/h2-5H,1H3;. The Morgan fingerprint density at radius 2 is 1.75 bits per heavy atom. The minimum absolute atomic E-state index is 0.000694. The summed E-state index contributed by atoms with van der Waals surface area (Å²) in [4.78, 5) is 11.0. The molecule has 0 N–H and O–H groups in total. The van der Waals surface area contributed by atoms with Gasteiger partial charge in [-0.3, -0.25) is 0 Å². The van der Waals surface area contributed by atoms with Crippen molar-refractivity contribution in [2.75, 3.05) is 7.11 Å². The number of halogens is 5. The number of hydrogen-bond donors (Lipinski definition) is 0. The van der Waals surface area contributed by atoms with Gasteiger partial charge in [0, 0.05) is 21.4 Å². The molecule has 1 aromatic rings. The van der Waals surface area contributed by atoms with Gasteiger partial charge in [-0.15, -0.1) is 13.2 Å². The summed E-state index contributed by atoms with van der Waals surface area (Å²) in [6, 6.07) is 4.65. The first kappa shape index (κ1) is 18.8. The SMILES string of the molecule is COC(=O)c1cccc(OC(F)(F)F)c1.O=S(=O)(Cl)Cl. The molecule has 0 aliphatic rings. The molecular weight excluding hydrogens is 348 g/mol. The maximum absolute atomic E-state index is 11.8. The molecule has 1 aromatic carbocycles. The van der Waals surface area contributed by atoms with Gasteiger partial charge in [-0.05, 0) is 18.2 Å². The normalized spacial score (nSPS) is 11.1. The van der Waals surface area contributed by atoms with E-state index in [1.54, 1.807) is 0 Å². The minimum atomic E-state index is -4.77. The molecule has 0 atom stereocenters. The molecule has 0 bridgehead atoms. The molecule has 0 radical (unpaired) electrons. The lowest BCUT2D eigenvalue weighted by atomic mass is 10.2. The number of esters is 1. The van der Waals surface area contributed by atoms with Crippen molar-refractivity contribution < 1.29 is 35.9 Å². The van der Waals surface area contributed by atoms with Crippen molar-refractivity contribution in [3.63, 3.8) is 0 Å². The highest BCUT2D eigenvalue weighted by Gasteiger charge is 2.31. The summed E-state index contributed by atoms with van der Waals surface area (Å²) in [7, 11) is 5.95. The van der Waals surface area contributed by atoms with Crippen LogP contribution in [0.1, 0.15) is 10.4 Å². The van der Waals surface area contributed by atoms with Crippen molar-refractivity contribution in [2.45, 2.75) is 6.36 Å². The number of alkyl halides is 3. The van der Waals surface area contributed by atoms with Crippen LogP contribution < -0.4 is 4.74 Å². The van der Waals surface area contributed by atoms with Crippen LogP contribution in [0, 0.1) is 0 Å². The third-order valence-corrected chi connectivity index (χ3v) is 1.49. The molecule has 0 saturated carbocycles. The first-order valence-electron chi connectivity index (χ1n) is 4.50. The van der Waals surface area contributed by atoms with Crippen molar-refractivity contribution in [3.05, 3.63) is 29.8 Å². The fraction of sp³-hybridized carbons (Fsp3) is 0.222. The maximum Gasteiger partial charge on any atom is 0.573 e. The van der Waals surface area contributed by atoms with E-state index in [9.17, 15) is 18.0 Å². The highest BCUT2D eigenvalue weighted by atomic mass is 36.0. The van der Waals surface area contributed by atoms with Gasteiger partial charge < -0.3 is 9.47 Å². The van der Waals surface area contributed by atoms with Crippen LogP contribution in [0.4, 0.5) is 13.2 Å². The fourth-order valence-corrected chi connectivity index (χ4v) is 0.938. The number of carbonyl (C=O) groups excluding carboxylic acids is 1. The Labute approximate surface area is 121 Å². The number of benzene rings is 1. The van der Waals surface area contributed by atoms with Gasteiger partial charge in [0.2, 0.25) is 0 Å². The van der Waals surface area contributed by atoms with E-state index in [0.717, 1.165) is 19.2 Å². The van der Waals surface area contributed by atoms with Crippen LogP contribution >= 0.6 is 21.4 Å². The number of carbonyl (C=O) groups is 1. The Morgan fingerprint density at radius 3 is 2.15 bits per heavy atom. The predicted molar refractivity (Wildman–Crippen MR) is 65.1 cm³/mol. The van der Waals surface area contributed by atoms with Crippen molar-refractivity contribution in [3.8, 4) is 5.75 Å². The average molecular weight is 355 g/mol. The number of methoxy groups -OCH3 is 1. The van der Waals surface area contributed by atoms with Crippen molar-refractivity contribution in [1.29, 1.82) is 0 Å². The van der Waals surface area contributed by atoms with Gasteiger partial charge in [0.15, 0.2) is 0 Å². The number of rotatable bonds is 2. The summed E-state index contributed by atoms with van der Waals surface area (Å²) in [5.74, 6) is -1.17. The molecule has 5 nitrogen and oxygen atoms in total. The van der Waals surface area contributed by atoms with Crippen LogP contribution in [0.25, 0.3) is 0 Å². The maximum atomic E-state index is 11.8. The molecule has 0 aliphatic heterocycles. The van der Waals surface area contributed by atoms with Crippen LogP contribution in [0.2, 0.25) is 0 Å². The molecule has 0 saturated heterocycles. The van der Waals surface area contributed by atoms with E-state index in [1.807, 2.05) is 0 Å². The van der Waals surface area contributed by atoms with Crippen LogP contribution in [0.3, 0.4) is 0 Å². The monoisotopic (exact) mass is 354 g/mol. The van der Waals surface area contributed by atoms with Gasteiger partial charge in [0.25, 0.3) is 0 Å². The van der Waals surface area contributed by atoms with Gasteiger partial charge in [-0.1, -0.05) is 6.07 Å². The fourth-order valence-electron chi connectivity index (χ4n) is 0.938. The van der Waals surface area contributed by atoms with Crippen molar-refractivity contribution in [1.82, 2.24) is 0 Å². The van der Waals surface area contributed by atoms with Gasteiger partial charge >= 0.3 is 20.6 Å². The summed E-state index contributed by atoms with van der Waals surface area (Å²) in [5.41, 5.74) is -0.000694. The van der Waals surface area contributed by atoms with E-state index in [1.165, 1.54) is 12.1 Å². The minimum Gasteiger partial charge on any atom is -0.465 e. The van der Waals surface area contributed by atoms with E-state index in [2.05, 4.69) is 30.8 Å². The largest absolute Gasteiger partial charge is 0.573 e. The highest BCUT2D eigenvalue weighted by molar-refractivity contribution is 8.31. The summed E-state index contributed by atoms with van der Waals surface area (Å²) >= 11 is 0. The molecular formula is C9H7Cl2F3O5S. The third kappa shape index (κ3) is 10.7. The molecule has 0 spiro atoms. The zero-order chi connectivity index (χ0) is 16.0. The first-order chi connectivity index (χ1) is 8.92. The Hall–Kier alpha value is -1.19. The number of ether oxygens (including phenoxy) is 2. The first-order valence-corrected chi connectivity index (χ1v) is 7.64. The van der Waals surface area contributed by atoms with Crippen LogP contribution in [0.5, 0.6) is 5.75 Å².